The highest BCUT2D eigenvalue weighted by molar-refractivity contribution is 6.04. The molecule has 3 rings (SSSR count). The number of rotatable bonds is 3. The fourth-order valence-corrected chi connectivity index (χ4v) is 2.92. The summed E-state index contributed by atoms with van der Waals surface area (Å²) in [7, 11) is 0. The van der Waals surface area contributed by atoms with E-state index in [1.807, 2.05) is 12.3 Å². The third-order valence-electron chi connectivity index (χ3n) is 3.86. The quantitative estimate of drug-likeness (QED) is 0.890. The number of hydrogen-bond acceptors (Lipinski definition) is 2. The number of fused-ring (bicyclic) bond motifs is 1. The van der Waals surface area contributed by atoms with Gasteiger partial charge in [-0.2, -0.15) is 0 Å². The number of likely N-dealkylation sites (tertiary alicyclic amines) is 1. The predicted molar refractivity (Wildman–Crippen MR) is 74.4 cm³/mol. The topological polar surface area (TPSA) is 56.3 Å². The summed E-state index contributed by atoms with van der Waals surface area (Å²) in [6.45, 7) is 3.06. The molecule has 1 aliphatic heterocycles. The number of piperidine rings is 1. The van der Waals surface area contributed by atoms with Gasteiger partial charge >= 0.3 is 5.97 Å². The van der Waals surface area contributed by atoms with Crippen LogP contribution in [0.3, 0.4) is 0 Å². The van der Waals surface area contributed by atoms with Crippen molar-refractivity contribution in [1.29, 1.82) is 0 Å². The second kappa shape index (κ2) is 5.05. The summed E-state index contributed by atoms with van der Waals surface area (Å²) in [6.07, 6.45) is 5.75. The summed E-state index contributed by atoms with van der Waals surface area (Å²) >= 11 is 0. The number of H-pyrrole nitrogens is 1. The molecule has 0 bridgehead atoms. The zero-order valence-electron chi connectivity index (χ0n) is 10.9. The lowest BCUT2D eigenvalue weighted by Gasteiger charge is -2.26. The van der Waals surface area contributed by atoms with Crippen LogP contribution in [0, 0.1) is 0 Å². The van der Waals surface area contributed by atoms with E-state index >= 15 is 0 Å². The third-order valence-corrected chi connectivity index (χ3v) is 3.86. The minimum Gasteiger partial charge on any atom is -0.478 e. The lowest BCUT2D eigenvalue weighted by molar-refractivity contribution is 0.0699. The number of carbonyl (C=O) groups is 1. The van der Waals surface area contributed by atoms with E-state index in [0.717, 1.165) is 36.1 Å². The van der Waals surface area contributed by atoms with Gasteiger partial charge in [0.1, 0.15) is 0 Å². The second-order valence-corrected chi connectivity index (χ2v) is 5.18. The lowest BCUT2D eigenvalue weighted by Crippen LogP contribution is -2.29. The van der Waals surface area contributed by atoms with Crippen LogP contribution in [0.25, 0.3) is 10.9 Å². The van der Waals surface area contributed by atoms with Crippen LogP contribution >= 0.6 is 0 Å². The van der Waals surface area contributed by atoms with Gasteiger partial charge in [-0.15, -0.1) is 0 Å². The summed E-state index contributed by atoms with van der Waals surface area (Å²) in [5.74, 6) is -0.856. The molecule has 0 spiro atoms. The van der Waals surface area contributed by atoms with Gasteiger partial charge in [-0.25, -0.2) is 4.79 Å². The summed E-state index contributed by atoms with van der Waals surface area (Å²) in [5, 5.41) is 10.2. The van der Waals surface area contributed by atoms with E-state index in [1.165, 1.54) is 19.3 Å². The van der Waals surface area contributed by atoms with Crippen LogP contribution in [0.5, 0.6) is 0 Å². The van der Waals surface area contributed by atoms with Gasteiger partial charge in [0.2, 0.25) is 0 Å². The molecule has 100 valence electrons. The molecule has 19 heavy (non-hydrogen) atoms. The minimum atomic E-state index is -0.856. The molecule has 0 atom stereocenters. The fraction of sp³-hybridized carbons (Fsp3) is 0.400. The largest absolute Gasteiger partial charge is 0.478 e. The smallest absolute Gasteiger partial charge is 0.336 e. The van der Waals surface area contributed by atoms with E-state index in [2.05, 4.69) is 9.88 Å². The molecule has 0 saturated carbocycles. The second-order valence-electron chi connectivity index (χ2n) is 5.18. The molecule has 2 aromatic rings. The maximum atomic E-state index is 11.3. The molecule has 0 amide bonds. The third kappa shape index (κ3) is 2.36. The summed E-state index contributed by atoms with van der Waals surface area (Å²) in [5.41, 5.74) is 2.40. The molecule has 1 saturated heterocycles. The highest BCUT2D eigenvalue weighted by Crippen LogP contribution is 2.25. The van der Waals surface area contributed by atoms with E-state index in [0.29, 0.717) is 5.56 Å². The van der Waals surface area contributed by atoms with Crippen molar-refractivity contribution < 1.29 is 9.90 Å². The first-order valence-electron chi connectivity index (χ1n) is 6.80. The van der Waals surface area contributed by atoms with E-state index in [1.54, 1.807) is 12.1 Å². The Kier molecular flexibility index (Phi) is 3.25. The molecule has 1 aromatic heterocycles. The molecular formula is C15H18N2O2. The van der Waals surface area contributed by atoms with Gasteiger partial charge in [-0.1, -0.05) is 12.5 Å². The van der Waals surface area contributed by atoms with Crippen molar-refractivity contribution in [2.45, 2.75) is 25.8 Å². The van der Waals surface area contributed by atoms with E-state index in [-0.39, 0.29) is 0 Å². The van der Waals surface area contributed by atoms with Crippen molar-refractivity contribution in [3.63, 3.8) is 0 Å². The fourth-order valence-electron chi connectivity index (χ4n) is 2.92. The van der Waals surface area contributed by atoms with Crippen molar-refractivity contribution in [2.24, 2.45) is 0 Å². The Labute approximate surface area is 112 Å². The van der Waals surface area contributed by atoms with Gasteiger partial charge in [-0.05, 0) is 43.6 Å². The zero-order chi connectivity index (χ0) is 13.2. The van der Waals surface area contributed by atoms with Crippen LogP contribution in [0.4, 0.5) is 0 Å². The van der Waals surface area contributed by atoms with Crippen molar-refractivity contribution in [3.05, 3.63) is 35.5 Å². The Hall–Kier alpha value is -1.81. The highest BCUT2D eigenvalue weighted by atomic mass is 16.4. The van der Waals surface area contributed by atoms with Crippen molar-refractivity contribution in [3.8, 4) is 0 Å². The summed E-state index contributed by atoms with van der Waals surface area (Å²) < 4.78 is 0. The van der Waals surface area contributed by atoms with Gasteiger partial charge < -0.3 is 10.1 Å². The van der Waals surface area contributed by atoms with E-state index in [4.69, 9.17) is 0 Å². The molecule has 4 nitrogen and oxygen atoms in total. The standard InChI is InChI=1S/C15H18N2O2/c18-15(19)12-5-4-6-13-14(12)11(9-16-13)10-17-7-2-1-3-8-17/h4-6,9,16H,1-3,7-8,10H2,(H,18,19). The van der Waals surface area contributed by atoms with Gasteiger partial charge in [0, 0.05) is 23.6 Å². The number of nitrogens with zero attached hydrogens (tertiary/aromatic N) is 1. The number of aromatic carboxylic acids is 1. The van der Waals surface area contributed by atoms with Crippen LogP contribution in [0.1, 0.15) is 35.2 Å². The molecule has 0 radical (unpaired) electrons. The average molecular weight is 258 g/mol. The maximum Gasteiger partial charge on any atom is 0.336 e. The molecular weight excluding hydrogens is 240 g/mol. The van der Waals surface area contributed by atoms with Crippen LogP contribution in [-0.2, 0) is 6.54 Å². The highest BCUT2D eigenvalue weighted by Gasteiger charge is 2.16. The van der Waals surface area contributed by atoms with Crippen LogP contribution < -0.4 is 0 Å². The SMILES string of the molecule is O=C(O)c1cccc2[nH]cc(CN3CCCCC3)c12. The number of hydrogen-bond donors (Lipinski definition) is 2. The Bertz CT molecular complexity index is 597. The first kappa shape index (κ1) is 12.2. The van der Waals surface area contributed by atoms with E-state index < -0.39 is 5.97 Å². The summed E-state index contributed by atoms with van der Waals surface area (Å²) in [6, 6.07) is 5.40. The van der Waals surface area contributed by atoms with Crippen LogP contribution in [0.15, 0.2) is 24.4 Å². The first-order valence-corrected chi connectivity index (χ1v) is 6.80. The Morgan fingerprint density at radius 1 is 1.26 bits per heavy atom. The minimum absolute atomic E-state index is 0.394. The molecule has 2 heterocycles. The molecule has 0 unspecified atom stereocenters. The average Bonchev–Trinajstić information content (AvgIpc) is 2.83. The zero-order valence-corrected chi connectivity index (χ0v) is 10.9. The Morgan fingerprint density at radius 2 is 2.05 bits per heavy atom. The first-order chi connectivity index (χ1) is 9.25. The van der Waals surface area contributed by atoms with Crippen molar-refractivity contribution in [1.82, 2.24) is 9.88 Å². The molecule has 1 aromatic carbocycles. The van der Waals surface area contributed by atoms with Gasteiger partial charge in [0.05, 0.1) is 5.56 Å². The monoisotopic (exact) mass is 258 g/mol. The molecule has 1 aliphatic rings. The van der Waals surface area contributed by atoms with Gasteiger partial charge in [-0.3, -0.25) is 4.90 Å². The number of aromatic amines is 1. The Morgan fingerprint density at radius 3 is 2.79 bits per heavy atom. The predicted octanol–water partition coefficient (Wildman–Crippen LogP) is 2.85. The molecule has 0 aliphatic carbocycles. The van der Waals surface area contributed by atoms with Gasteiger partial charge in [0.15, 0.2) is 0 Å². The number of carboxylic acids is 1. The number of benzene rings is 1. The Balaban J connectivity index is 1.96. The maximum absolute atomic E-state index is 11.3. The van der Waals surface area contributed by atoms with Crippen molar-refractivity contribution in [2.75, 3.05) is 13.1 Å². The number of nitrogens with one attached hydrogen (secondary N) is 1. The van der Waals surface area contributed by atoms with Gasteiger partial charge in [0.25, 0.3) is 0 Å². The molecule has 1 fully saturated rings. The van der Waals surface area contributed by atoms with E-state index in [9.17, 15) is 9.90 Å². The van der Waals surface area contributed by atoms with Crippen molar-refractivity contribution >= 4 is 16.9 Å². The molecule has 2 N–H and O–H groups in total. The van der Waals surface area contributed by atoms with Crippen LogP contribution in [0.2, 0.25) is 0 Å². The lowest BCUT2D eigenvalue weighted by atomic mass is 10.0. The van der Waals surface area contributed by atoms with Crippen LogP contribution in [-0.4, -0.2) is 34.0 Å². The number of aromatic nitrogens is 1. The summed E-state index contributed by atoms with van der Waals surface area (Å²) in [4.78, 5) is 16.9. The normalized spacial score (nSPS) is 16.8. The molecule has 4 heteroatoms. The number of carboxylic acid groups (broad SMARTS) is 1.